The lowest BCUT2D eigenvalue weighted by Gasteiger charge is -2.18. The van der Waals surface area contributed by atoms with Crippen molar-refractivity contribution in [2.45, 2.75) is 252 Å². The molecule has 0 N–H and O–H groups in total. The van der Waals surface area contributed by atoms with Crippen LogP contribution in [0.15, 0.2) is 36.5 Å². The van der Waals surface area contributed by atoms with E-state index < -0.39 is 6.10 Å². The first-order valence-electron chi connectivity index (χ1n) is 24.0. The van der Waals surface area contributed by atoms with Gasteiger partial charge < -0.3 is 14.2 Å². The molecule has 0 spiro atoms. The van der Waals surface area contributed by atoms with Crippen LogP contribution in [-0.4, -0.2) is 37.2 Å². The molecule has 0 bridgehead atoms. The summed E-state index contributed by atoms with van der Waals surface area (Å²) in [5.74, 6) is -0.898. The highest BCUT2D eigenvalue weighted by molar-refractivity contribution is 5.71. The minimum absolute atomic E-state index is 0.0791. The Morgan fingerprint density at radius 2 is 0.696 bits per heavy atom. The second-order valence-electron chi connectivity index (χ2n) is 16.0. The molecule has 0 heterocycles. The molecule has 0 aromatic rings. The molecule has 6 heteroatoms. The molecule has 1 atom stereocenters. The molecular formula is C50H90O6. The minimum Gasteiger partial charge on any atom is -0.462 e. The number of unbranched alkanes of at least 4 members (excludes halogenated alkanes) is 26. The number of esters is 3. The van der Waals surface area contributed by atoms with Crippen LogP contribution in [0.4, 0.5) is 0 Å². The van der Waals surface area contributed by atoms with Crippen LogP contribution in [0.3, 0.4) is 0 Å². The average Bonchev–Trinajstić information content (AvgIpc) is 3.19. The van der Waals surface area contributed by atoms with Gasteiger partial charge in [-0.05, 0) is 64.2 Å². The number of allylic oxidation sites excluding steroid dienone is 6. The van der Waals surface area contributed by atoms with Crippen LogP contribution in [0.1, 0.15) is 245 Å². The van der Waals surface area contributed by atoms with E-state index in [1.165, 1.54) is 116 Å². The van der Waals surface area contributed by atoms with Crippen LogP contribution < -0.4 is 0 Å². The van der Waals surface area contributed by atoms with Gasteiger partial charge in [-0.3, -0.25) is 14.4 Å². The predicted octanol–water partition coefficient (Wildman–Crippen LogP) is 15.4. The Bertz CT molecular complexity index is 953. The van der Waals surface area contributed by atoms with E-state index in [4.69, 9.17) is 14.2 Å². The average molecular weight is 787 g/mol. The standard InChI is InChI=1S/C50H90O6/c1-4-7-10-13-16-19-22-24-26-28-31-34-37-40-43-49(52)55-46-47(45-54-48(51)42-39-36-33-30-21-18-15-12-9-6-3)56-50(53)44-41-38-35-32-29-27-25-23-20-17-14-11-8-5-2/h12-13,15-16,22,24,47H,4-11,14,17-21,23,25-46H2,1-3H3/b15-12-,16-13-,24-22-. The van der Waals surface area contributed by atoms with E-state index in [2.05, 4.69) is 57.2 Å². The van der Waals surface area contributed by atoms with Gasteiger partial charge in [-0.25, -0.2) is 0 Å². The third-order valence-electron chi connectivity index (χ3n) is 10.3. The fourth-order valence-corrected chi connectivity index (χ4v) is 6.70. The molecule has 0 amide bonds. The van der Waals surface area contributed by atoms with Crippen molar-refractivity contribution in [3.8, 4) is 0 Å². The van der Waals surface area contributed by atoms with Crippen molar-refractivity contribution in [2.24, 2.45) is 0 Å². The number of carbonyl (C=O) groups is 3. The maximum absolute atomic E-state index is 12.7. The highest BCUT2D eigenvalue weighted by Crippen LogP contribution is 2.15. The SMILES string of the molecule is CCC/C=C\CCCCCCCC(=O)OCC(COC(=O)CCCCCCC/C=C\C/C=C\CCCC)OC(=O)CCCCCCCCCCCCCCCC. The van der Waals surface area contributed by atoms with E-state index in [1.54, 1.807) is 0 Å². The molecule has 0 rings (SSSR count). The summed E-state index contributed by atoms with van der Waals surface area (Å²) in [6.45, 7) is 6.52. The van der Waals surface area contributed by atoms with E-state index in [0.29, 0.717) is 19.3 Å². The normalized spacial score (nSPS) is 12.3. The number of hydrogen-bond acceptors (Lipinski definition) is 6. The van der Waals surface area contributed by atoms with Crippen LogP contribution >= 0.6 is 0 Å². The van der Waals surface area contributed by atoms with Gasteiger partial charge in [0.1, 0.15) is 13.2 Å². The lowest BCUT2D eigenvalue weighted by Crippen LogP contribution is -2.30. The Morgan fingerprint density at radius 1 is 0.357 bits per heavy atom. The largest absolute Gasteiger partial charge is 0.462 e. The first-order chi connectivity index (χ1) is 27.5. The minimum atomic E-state index is -0.775. The van der Waals surface area contributed by atoms with Gasteiger partial charge in [-0.15, -0.1) is 0 Å². The summed E-state index contributed by atoms with van der Waals surface area (Å²) in [7, 11) is 0. The number of ether oxygens (including phenoxy) is 3. The van der Waals surface area contributed by atoms with Crippen molar-refractivity contribution in [2.75, 3.05) is 13.2 Å². The van der Waals surface area contributed by atoms with Crippen LogP contribution in [0.2, 0.25) is 0 Å². The van der Waals surface area contributed by atoms with Gasteiger partial charge in [0.15, 0.2) is 6.10 Å². The summed E-state index contributed by atoms with van der Waals surface area (Å²) in [5, 5.41) is 0. The lowest BCUT2D eigenvalue weighted by molar-refractivity contribution is -0.167. The molecule has 0 saturated carbocycles. The quantitative estimate of drug-likeness (QED) is 0.0265. The Balaban J connectivity index is 4.37. The second kappa shape index (κ2) is 45.3. The monoisotopic (exact) mass is 787 g/mol. The smallest absolute Gasteiger partial charge is 0.306 e. The van der Waals surface area contributed by atoms with Gasteiger partial charge in [0.2, 0.25) is 0 Å². The van der Waals surface area contributed by atoms with Crippen LogP contribution in [0, 0.1) is 0 Å². The summed E-state index contributed by atoms with van der Waals surface area (Å²) >= 11 is 0. The molecule has 1 unspecified atom stereocenters. The highest BCUT2D eigenvalue weighted by atomic mass is 16.6. The molecular weight excluding hydrogens is 697 g/mol. The molecule has 6 nitrogen and oxygen atoms in total. The predicted molar refractivity (Wildman–Crippen MR) is 238 cm³/mol. The number of rotatable bonds is 43. The van der Waals surface area contributed by atoms with Crippen molar-refractivity contribution in [1.29, 1.82) is 0 Å². The van der Waals surface area contributed by atoms with E-state index in [-0.39, 0.29) is 31.1 Å². The molecule has 0 aliphatic heterocycles. The zero-order valence-electron chi connectivity index (χ0n) is 37.2. The van der Waals surface area contributed by atoms with Gasteiger partial charge >= 0.3 is 17.9 Å². The third-order valence-corrected chi connectivity index (χ3v) is 10.3. The topological polar surface area (TPSA) is 78.9 Å². The highest BCUT2D eigenvalue weighted by Gasteiger charge is 2.19. The van der Waals surface area contributed by atoms with Gasteiger partial charge in [0.05, 0.1) is 0 Å². The molecule has 0 aliphatic rings. The molecule has 0 aromatic heterocycles. The summed E-state index contributed by atoms with van der Waals surface area (Å²) in [5.41, 5.74) is 0. The molecule has 0 radical (unpaired) electrons. The molecule has 0 fully saturated rings. The number of hydrogen-bond donors (Lipinski definition) is 0. The first-order valence-corrected chi connectivity index (χ1v) is 24.0. The van der Waals surface area contributed by atoms with E-state index in [1.807, 2.05) is 0 Å². The third kappa shape index (κ3) is 42.8. The second-order valence-corrected chi connectivity index (χ2v) is 16.0. The van der Waals surface area contributed by atoms with E-state index in [9.17, 15) is 14.4 Å². The van der Waals surface area contributed by atoms with E-state index in [0.717, 1.165) is 89.9 Å². The molecule has 56 heavy (non-hydrogen) atoms. The maximum atomic E-state index is 12.7. The maximum Gasteiger partial charge on any atom is 0.306 e. The van der Waals surface area contributed by atoms with Crippen LogP contribution in [-0.2, 0) is 28.6 Å². The Labute approximate surface area is 346 Å². The van der Waals surface area contributed by atoms with Gasteiger partial charge in [-0.1, -0.05) is 198 Å². The van der Waals surface area contributed by atoms with Gasteiger partial charge in [-0.2, -0.15) is 0 Å². The molecule has 0 aliphatic carbocycles. The van der Waals surface area contributed by atoms with Crippen molar-refractivity contribution >= 4 is 17.9 Å². The van der Waals surface area contributed by atoms with Crippen molar-refractivity contribution in [3.63, 3.8) is 0 Å². The van der Waals surface area contributed by atoms with Gasteiger partial charge in [0, 0.05) is 19.3 Å². The van der Waals surface area contributed by atoms with Crippen molar-refractivity contribution in [3.05, 3.63) is 36.5 Å². The zero-order valence-corrected chi connectivity index (χ0v) is 37.2. The first kappa shape index (κ1) is 53.6. The Kier molecular flexibility index (Phi) is 43.4. The van der Waals surface area contributed by atoms with Crippen molar-refractivity contribution < 1.29 is 28.6 Å². The zero-order chi connectivity index (χ0) is 40.8. The van der Waals surface area contributed by atoms with Gasteiger partial charge in [0.25, 0.3) is 0 Å². The Morgan fingerprint density at radius 3 is 1.12 bits per heavy atom. The number of carbonyl (C=O) groups excluding carboxylic acids is 3. The fraction of sp³-hybridized carbons (Fsp3) is 0.820. The molecule has 326 valence electrons. The molecule has 0 saturated heterocycles. The lowest BCUT2D eigenvalue weighted by atomic mass is 10.0. The fourth-order valence-electron chi connectivity index (χ4n) is 6.70. The van der Waals surface area contributed by atoms with E-state index >= 15 is 0 Å². The Hall–Kier alpha value is -2.37. The van der Waals surface area contributed by atoms with Crippen LogP contribution in [0.5, 0.6) is 0 Å². The van der Waals surface area contributed by atoms with Crippen LogP contribution in [0.25, 0.3) is 0 Å². The summed E-state index contributed by atoms with van der Waals surface area (Å²) in [6, 6.07) is 0. The summed E-state index contributed by atoms with van der Waals surface area (Å²) < 4.78 is 16.7. The summed E-state index contributed by atoms with van der Waals surface area (Å²) in [6.07, 6.45) is 51.2. The summed E-state index contributed by atoms with van der Waals surface area (Å²) in [4.78, 5) is 37.8. The molecule has 0 aromatic carbocycles. The van der Waals surface area contributed by atoms with Crippen molar-refractivity contribution in [1.82, 2.24) is 0 Å².